The second-order valence-corrected chi connectivity index (χ2v) is 5.44. The molecular weight excluding hydrogens is 357 g/mol. The summed E-state index contributed by atoms with van der Waals surface area (Å²) < 4.78 is 33.4. The van der Waals surface area contributed by atoms with E-state index in [4.69, 9.17) is 18.9 Å². The maximum atomic E-state index is 12.9. The van der Waals surface area contributed by atoms with Crippen LogP contribution in [-0.2, 0) is 14.3 Å². The number of esters is 1. The number of halogens is 1. The number of amides is 1. The van der Waals surface area contributed by atoms with Gasteiger partial charge in [0.25, 0.3) is 5.91 Å². The molecule has 0 aliphatic rings. The molecule has 0 radical (unpaired) electrons. The molecule has 0 bridgehead atoms. The van der Waals surface area contributed by atoms with Gasteiger partial charge >= 0.3 is 5.97 Å². The maximum absolute atomic E-state index is 12.9. The Labute approximate surface area is 156 Å². The second kappa shape index (κ2) is 9.42. The Morgan fingerprint density at radius 3 is 2.33 bits per heavy atom. The lowest BCUT2D eigenvalue weighted by Crippen LogP contribution is -2.29. The normalized spacial score (nSPS) is 11.3. The molecule has 0 saturated heterocycles. The number of nitrogens with one attached hydrogen (secondary N) is 1. The molecule has 0 unspecified atom stereocenters. The molecule has 1 amide bonds. The molecule has 0 aliphatic carbocycles. The molecule has 0 saturated carbocycles. The van der Waals surface area contributed by atoms with Crippen LogP contribution in [0, 0.1) is 5.82 Å². The predicted molar refractivity (Wildman–Crippen MR) is 95.6 cm³/mol. The summed E-state index contributed by atoms with van der Waals surface area (Å²) in [7, 11) is 2.98. The summed E-state index contributed by atoms with van der Waals surface area (Å²) in [5.41, 5.74) is 0.462. The monoisotopic (exact) mass is 377 g/mol. The summed E-state index contributed by atoms with van der Waals surface area (Å²) in [6.07, 6.45) is -0.954. The van der Waals surface area contributed by atoms with E-state index in [-0.39, 0.29) is 0 Å². The van der Waals surface area contributed by atoms with Crippen LogP contribution >= 0.6 is 0 Å². The molecule has 2 aromatic carbocycles. The smallest absolute Gasteiger partial charge is 0.347 e. The zero-order chi connectivity index (χ0) is 19.8. The number of hydrogen-bond acceptors (Lipinski definition) is 6. The average Bonchev–Trinajstić information content (AvgIpc) is 2.67. The van der Waals surface area contributed by atoms with Crippen LogP contribution in [0.5, 0.6) is 17.2 Å². The van der Waals surface area contributed by atoms with Gasteiger partial charge in [0, 0.05) is 11.8 Å². The molecule has 0 heterocycles. The first-order valence-electron chi connectivity index (χ1n) is 8.03. The minimum absolute atomic E-state index is 0.315. The van der Waals surface area contributed by atoms with Crippen molar-refractivity contribution < 1.29 is 32.9 Å². The number of benzene rings is 2. The lowest BCUT2D eigenvalue weighted by Gasteiger charge is -2.14. The van der Waals surface area contributed by atoms with E-state index in [1.165, 1.54) is 45.4 Å². The van der Waals surface area contributed by atoms with Gasteiger partial charge in [-0.3, -0.25) is 4.79 Å². The van der Waals surface area contributed by atoms with Crippen LogP contribution in [0.1, 0.15) is 6.92 Å². The quantitative estimate of drug-likeness (QED) is 0.713. The van der Waals surface area contributed by atoms with Crippen molar-refractivity contribution in [2.75, 3.05) is 26.1 Å². The van der Waals surface area contributed by atoms with Crippen LogP contribution < -0.4 is 19.5 Å². The third-order valence-corrected chi connectivity index (χ3v) is 3.47. The molecular formula is C19H20FNO6. The van der Waals surface area contributed by atoms with E-state index in [1.807, 2.05) is 0 Å². The van der Waals surface area contributed by atoms with Crippen molar-refractivity contribution in [1.29, 1.82) is 0 Å². The molecule has 1 atom stereocenters. The molecule has 8 heteroatoms. The summed E-state index contributed by atoms with van der Waals surface area (Å²) >= 11 is 0. The SMILES string of the molecule is COc1ccc(NC(=O)COC(=O)[C@@H](C)Oc2ccc(F)cc2)cc1OC. The number of anilines is 1. The van der Waals surface area contributed by atoms with E-state index in [0.717, 1.165) is 0 Å². The number of carbonyl (C=O) groups is 2. The van der Waals surface area contributed by atoms with Crippen LogP contribution in [0.25, 0.3) is 0 Å². The van der Waals surface area contributed by atoms with Gasteiger partial charge in [-0.2, -0.15) is 0 Å². The second-order valence-electron chi connectivity index (χ2n) is 5.44. The molecule has 2 aromatic rings. The van der Waals surface area contributed by atoms with E-state index in [1.54, 1.807) is 18.2 Å². The molecule has 0 aliphatic heterocycles. The third-order valence-electron chi connectivity index (χ3n) is 3.47. The average molecular weight is 377 g/mol. The predicted octanol–water partition coefficient (Wildman–Crippen LogP) is 2.79. The number of hydrogen-bond donors (Lipinski definition) is 1. The first-order chi connectivity index (χ1) is 12.9. The zero-order valence-electron chi connectivity index (χ0n) is 15.2. The number of rotatable bonds is 8. The maximum Gasteiger partial charge on any atom is 0.347 e. The molecule has 0 spiro atoms. The van der Waals surface area contributed by atoms with Crippen molar-refractivity contribution in [3.63, 3.8) is 0 Å². The van der Waals surface area contributed by atoms with E-state index in [9.17, 15) is 14.0 Å². The largest absolute Gasteiger partial charge is 0.493 e. The van der Waals surface area contributed by atoms with Gasteiger partial charge in [0.15, 0.2) is 24.2 Å². The van der Waals surface area contributed by atoms with Gasteiger partial charge < -0.3 is 24.3 Å². The number of ether oxygens (including phenoxy) is 4. The first-order valence-corrected chi connectivity index (χ1v) is 8.03. The zero-order valence-corrected chi connectivity index (χ0v) is 15.2. The van der Waals surface area contributed by atoms with Gasteiger partial charge in [0.05, 0.1) is 14.2 Å². The Balaban J connectivity index is 1.83. The van der Waals surface area contributed by atoms with E-state index in [2.05, 4.69) is 5.32 Å². The van der Waals surface area contributed by atoms with Crippen molar-refractivity contribution in [3.8, 4) is 17.2 Å². The van der Waals surface area contributed by atoms with Crippen molar-refractivity contribution in [2.45, 2.75) is 13.0 Å². The third kappa shape index (κ3) is 5.88. The van der Waals surface area contributed by atoms with E-state index >= 15 is 0 Å². The van der Waals surface area contributed by atoms with Crippen LogP contribution in [0.3, 0.4) is 0 Å². The van der Waals surface area contributed by atoms with Crippen molar-refractivity contribution in [2.24, 2.45) is 0 Å². The molecule has 1 N–H and O–H groups in total. The molecule has 7 nitrogen and oxygen atoms in total. The standard InChI is InChI=1S/C19H20FNO6/c1-12(27-15-7-4-13(20)5-8-15)19(23)26-11-18(22)21-14-6-9-16(24-2)17(10-14)25-3/h4-10,12H,11H2,1-3H3,(H,21,22)/t12-/m1/s1. The molecule has 0 fully saturated rings. The summed E-state index contributed by atoms with van der Waals surface area (Å²) in [4.78, 5) is 23.9. The molecule has 0 aromatic heterocycles. The van der Waals surface area contributed by atoms with Crippen LogP contribution in [0.15, 0.2) is 42.5 Å². The Morgan fingerprint density at radius 1 is 1.04 bits per heavy atom. The van der Waals surface area contributed by atoms with Gasteiger partial charge in [0.2, 0.25) is 0 Å². The Hall–Kier alpha value is -3.29. The van der Waals surface area contributed by atoms with Gasteiger partial charge in [-0.15, -0.1) is 0 Å². The Bertz CT molecular complexity index is 793. The van der Waals surface area contributed by atoms with E-state index < -0.39 is 30.4 Å². The summed E-state index contributed by atoms with van der Waals surface area (Å²) in [5.74, 6) is -0.367. The number of carbonyl (C=O) groups excluding carboxylic acids is 2. The van der Waals surface area contributed by atoms with Crippen molar-refractivity contribution in [3.05, 3.63) is 48.3 Å². The fourth-order valence-corrected chi connectivity index (χ4v) is 2.13. The van der Waals surface area contributed by atoms with Crippen LogP contribution in [0.2, 0.25) is 0 Å². The molecule has 2 rings (SSSR count). The fourth-order valence-electron chi connectivity index (χ4n) is 2.13. The highest BCUT2D eigenvalue weighted by Crippen LogP contribution is 2.29. The Morgan fingerprint density at radius 2 is 1.70 bits per heavy atom. The highest BCUT2D eigenvalue weighted by molar-refractivity contribution is 5.93. The van der Waals surface area contributed by atoms with Gasteiger partial charge in [-0.05, 0) is 43.3 Å². The molecule has 27 heavy (non-hydrogen) atoms. The highest BCUT2D eigenvalue weighted by atomic mass is 19.1. The summed E-state index contributed by atoms with van der Waals surface area (Å²) in [6, 6.07) is 10.1. The van der Waals surface area contributed by atoms with Gasteiger partial charge in [-0.1, -0.05) is 0 Å². The lowest BCUT2D eigenvalue weighted by atomic mass is 10.2. The molecule has 144 valence electrons. The first kappa shape index (κ1) is 20.0. The van der Waals surface area contributed by atoms with E-state index in [0.29, 0.717) is 22.9 Å². The summed E-state index contributed by atoms with van der Waals surface area (Å²) in [6.45, 7) is 0.988. The van der Waals surface area contributed by atoms with Crippen LogP contribution in [0.4, 0.5) is 10.1 Å². The van der Waals surface area contributed by atoms with Crippen LogP contribution in [-0.4, -0.2) is 38.8 Å². The van der Waals surface area contributed by atoms with Gasteiger partial charge in [-0.25, -0.2) is 9.18 Å². The van der Waals surface area contributed by atoms with Crippen molar-refractivity contribution in [1.82, 2.24) is 0 Å². The highest BCUT2D eigenvalue weighted by Gasteiger charge is 2.18. The van der Waals surface area contributed by atoms with Crippen molar-refractivity contribution >= 4 is 17.6 Å². The minimum Gasteiger partial charge on any atom is -0.493 e. The Kier molecular flexibility index (Phi) is 6.99. The minimum atomic E-state index is -0.954. The number of methoxy groups -OCH3 is 2. The van der Waals surface area contributed by atoms with Gasteiger partial charge in [0.1, 0.15) is 11.6 Å². The topological polar surface area (TPSA) is 83.1 Å². The summed E-state index contributed by atoms with van der Waals surface area (Å²) in [5, 5.41) is 2.58. The lowest BCUT2D eigenvalue weighted by molar-refractivity contribution is -0.153. The fraction of sp³-hybridized carbons (Fsp3) is 0.263.